The first-order valence-electron chi connectivity index (χ1n) is 7.05. The SMILES string of the molecule is Cc1ccc(C(C)NCC2CCC(C)C2)cc1F. The molecule has 2 rings (SSSR count). The summed E-state index contributed by atoms with van der Waals surface area (Å²) in [6.07, 6.45) is 4.03. The second-order valence-electron chi connectivity index (χ2n) is 5.92. The highest BCUT2D eigenvalue weighted by Crippen LogP contribution is 2.30. The van der Waals surface area contributed by atoms with Gasteiger partial charge in [0.1, 0.15) is 5.82 Å². The zero-order valence-corrected chi connectivity index (χ0v) is 11.7. The van der Waals surface area contributed by atoms with Crippen molar-refractivity contribution < 1.29 is 4.39 Å². The molecule has 1 aliphatic carbocycles. The molecular weight excluding hydrogens is 225 g/mol. The highest BCUT2D eigenvalue weighted by Gasteiger charge is 2.21. The van der Waals surface area contributed by atoms with E-state index in [-0.39, 0.29) is 11.9 Å². The molecule has 0 bridgehead atoms. The fraction of sp³-hybridized carbons (Fsp3) is 0.625. The van der Waals surface area contributed by atoms with Gasteiger partial charge < -0.3 is 5.32 Å². The van der Waals surface area contributed by atoms with Crippen molar-refractivity contribution in [2.45, 2.75) is 46.1 Å². The molecule has 1 nitrogen and oxygen atoms in total. The van der Waals surface area contributed by atoms with E-state index >= 15 is 0 Å². The molecule has 3 atom stereocenters. The van der Waals surface area contributed by atoms with Gasteiger partial charge in [0.05, 0.1) is 0 Å². The fourth-order valence-electron chi connectivity index (χ4n) is 2.85. The molecule has 0 saturated heterocycles. The van der Waals surface area contributed by atoms with Crippen molar-refractivity contribution in [1.29, 1.82) is 0 Å². The maximum Gasteiger partial charge on any atom is 0.126 e. The zero-order chi connectivity index (χ0) is 13.1. The molecule has 1 saturated carbocycles. The van der Waals surface area contributed by atoms with E-state index in [4.69, 9.17) is 0 Å². The van der Waals surface area contributed by atoms with Gasteiger partial charge >= 0.3 is 0 Å². The van der Waals surface area contributed by atoms with Crippen molar-refractivity contribution in [3.05, 3.63) is 35.1 Å². The smallest absolute Gasteiger partial charge is 0.126 e. The van der Waals surface area contributed by atoms with E-state index in [2.05, 4.69) is 19.2 Å². The number of rotatable bonds is 4. The van der Waals surface area contributed by atoms with Crippen molar-refractivity contribution in [2.24, 2.45) is 11.8 Å². The molecule has 100 valence electrons. The Hall–Kier alpha value is -0.890. The first kappa shape index (κ1) is 13.5. The minimum atomic E-state index is -0.101. The van der Waals surface area contributed by atoms with Crippen LogP contribution in [0.1, 0.15) is 50.3 Å². The standard InChI is InChI=1S/C16H24FN/c1-11-4-6-14(8-11)10-18-13(3)15-7-5-12(2)16(17)9-15/h5,7,9,11,13-14,18H,4,6,8,10H2,1-3H3. The van der Waals surface area contributed by atoms with Gasteiger partial charge in [-0.2, -0.15) is 0 Å². The molecule has 0 aromatic heterocycles. The third-order valence-electron chi connectivity index (χ3n) is 4.21. The van der Waals surface area contributed by atoms with Crippen LogP contribution in [0.2, 0.25) is 0 Å². The average molecular weight is 249 g/mol. The molecule has 1 fully saturated rings. The lowest BCUT2D eigenvalue weighted by molar-refractivity contribution is 0.439. The number of nitrogens with one attached hydrogen (secondary N) is 1. The van der Waals surface area contributed by atoms with Gasteiger partial charge in [0.2, 0.25) is 0 Å². The van der Waals surface area contributed by atoms with Crippen molar-refractivity contribution in [3.63, 3.8) is 0 Å². The van der Waals surface area contributed by atoms with Gasteiger partial charge in [-0.3, -0.25) is 0 Å². The van der Waals surface area contributed by atoms with Gasteiger partial charge in [0.25, 0.3) is 0 Å². The van der Waals surface area contributed by atoms with Crippen LogP contribution in [0.25, 0.3) is 0 Å². The molecule has 1 aromatic carbocycles. The van der Waals surface area contributed by atoms with E-state index in [0.29, 0.717) is 0 Å². The largest absolute Gasteiger partial charge is 0.310 e. The van der Waals surface area contributed by atoms with Gasteiger partial charge in [-0.15, -0.1) is 0 Å². The Kier molecular flexibility index (Phi) is 4.39. The summed E-state index contributed by atoms with van der Waals surface area (Å²) in [6, 6.07) is 5.77. The highest BCUT2D eigenvalue weighted by molar-refractivity contribution is 5.25. The summed E-state index contributed by atoms with van der Waals surface area (Å²) in [6.45, 7) is 7.30. The monoisotopic (exact) mass is 249 g/mol. The number of halogens is 1. The lowest BCUT2D eigenvalue weighted by Crippen LogP contribution is -2.24. The predicted molar refractivity (Wildman–Crippen MR) is 74.1 cm³/mol. The summed E-state index contributed by atoms with van der Waals surface area (Å²) in [7, 11) is 0. The average Bonchev–Trinajstić information content (AvgIpc) is 2.75. The Bertz CT molecular complexity index is 402. The van der Waals surface area contributed by atoms with E-state index in [1.165, 1.54) is 19.3 Å². The minimum absolute atomic E-state index is 0.101. The summed E-state index contributed by atoms with van der Waals surface area (Å²) in [4.78, 5) is 0. The van der Waals surface area contributed by atoms with Crippen molar-refractivity contribution in [2.75, 3.05) is 6.54 Å². The van der Waals surface area contributed by atoms with Crippen LogP contribution in [0, 0.1) is 24.6 Å². The Labute approximate surface area is 110 Å². The normalized spacial score (nSPS) is 25.3. The predicted octanol–water partition coefficient (Wildman–Crippen LogP) is 4.22. The van der Waals surface area contributed by atoms with E-state index in [0.717, 1.165) is 29.5 Å². The summed E-state index contributed by atoms with van der Waals surface area (Å²) in [5.74, 6) is 1.58. The zero-order valence-electron chi connectivity index (χ0n) is 11.7. The topological polar surface area (TPSA) is 12.0 Å². The van der Waals surface area contributed by atoms with Crippen LogP contribution in [-0.2, 0) is 0 Å². The first-order chi connectivity index (χ1) is 8.56. The van der Waals surface area contributed by atoms with Gasteiger partial charge in [0.15, 0.2) is 0 Å². The Morgan fingerprint density at radius 3 is 2.78 bits per heavy atom. The maximum atomic E-state index is 13.5. The van der Waals surface area contributed by atoms with Crippen molar-refractivity contribution in [3.8, 4) is 0 Å². The summed E-state index contributed by atoms with van der Waals surface area (Å²) in [5.41, 5.74) is 1.76. The quantitative estimate of drug-likeness (QED) is 0.842. The van der Waals surface area contributed by atoms with Gasteiger partial charge in [0, 0.05) is 6.04 Å². The Balaban J connectivity index is 1.87. The van der Waals surface area contributed by atoms with Crippen molar-refractivity contribution >= 4 is 0 Å². The molecule has 18 heavy (non-hydrogen) atoms. The number of aryl methyl sites for hydroxylation is 1. The molecule has 1 N–H and O–H groups in total. The van der Waals surface area contributed by atoms with Gasteiger partial charge in [-0.1, -0.05) is 25.5 Å². The van der Waals surface area contributed by atoms with Crippen LogP contribution in [0.3, 0.4) is 0 Å². The molecule has 0 aliphatic heterocycles. The molecule has 0 spiro atoms. The Morgan fingerprint density at radius 2 is 2.17 bits per heavy atom. The van der Waals surface area contributed by atoms with Crippen LogP contribution in [0.5, 0.6) is 0 Å². The second-order valence-corrected chi connectivity index (χ2v) is 5.92. The lowest BCUT2D eigenvalue weighted by atomic mass is 10.0. The summed E-state index contributed by atoms with van der Waals surface area (Å²) in [5, 5.41) is 3.54. The molecule has 0 heterocycles. The maximum absolute atomic E-state index is 13.5. The molecule has 2 heteroatoms. The molecule has 0 radical (unpaired) electrons. The summed E-state index contributed by atoms with van der Waals surface area (Å²) >= 11 is 0. The number of benzene rings is 1. The first-order valence-corrected chi connectivity index (χ1v) is 7.05. The highest BCUT2D eigenvalue weighted by atomic mass is 19.1. The molecule has 0 amide bonds. The van der Waals surface area contributed by atoms with E-state index < -0.39 is 0 Å². The third-order valence-corrected chi connectivity index (χ3v) is 4.21. The van der Waals surface area contributed by atoms with E-state index in [9.17, 15) is 4.39 Å². The van der Waals surface area contributed by atoms with E-state index in [1.54, 1.807) is 13.0 Å². The molecule has 3 unspecified atom stereocenters. The molecule has 1 aliphatic rings. The summed E-state index contributed by atoms with van der Waals surface area (Å²) < 4.78 is 13.5. The molecule has 1 aromatic rings. The third kappa shape index (κ3) is 3.32. The lowest BCUT2D eigenvalue weighted by Gasteiger charge is -2.18. The number of hydrogen-bond acceptors (Lipinski definition) is 1. The number of hydrogen-bond donors (Lipinski definition) is 1. The second kappa shape index (κ2) is 5.83. The van der Waals surface area contributed by atoms with Crippen LogP contribution in [0.15, 0.2) is 18.2 Å². The van der Waals surface area contributed by atoms with Crippen LogP contribution in [0.4, 0.5) is 4.39 Å². The van der Waals surface area contributed by atoms with Gasteiger partial charge in [-0.05, 0) is 62.3 Å². The van der Waals surface area contributed by atoms with Crippen LogP contribution >= 0.6 is 0 Å². The molecular formula is C16H24FN. The van der Waals surface area contributed by atoms with E-state index in [1.807, 2.05) is 12.1 Å². The van der Waals surface area contributed by atoms with Crippen LogP contribution in [-0.4, -0.2) is 6.54 Å². The van der Waals surface area contributed by atoms with Crippen LogP contribution < -0.4 is 5.32 Å². The van der Waals surface area contributed by atoms with Gasteiger partial charge in [-0.25, -0.2) is 4.39 Å². The fourth-order valence-corrected chi connectivity index (χ4v) is 2.85. The Morgan fingerprint density at radius 1 is 1.39 bits per heavy atom. The van der Waals surface area contributed by atoms with Crippen molar-refractivity contribution in [1.82, 2.24) is 5.32 Å². The minimum Gasteiger partial charge on any atom is -0.310 e.